The monoisotopic (exact) mass is 196 g/mol. The predicted octanol–water partition coefficient (Wildman–Crippen LogP) is 4.15. The predicted molar refractivity (Wildman–Crippen MR) is 61.7 cm³/mol. The molecule has 13 heavy (non-hydrogen) atoms. The van der Waals surface area contributed by atoms with Gasteiger partial charge in [0.1, 0.15) is 0 Å². The lowest BCUT2D eigenvalue weighted by atomic mass is 10.0. The Labute approximate surface area is 84.1 Å². The highest BCUT2D eigenvalue weighted by Crippen LogP contribution is 2.48. The van der Waals surface area contributed by atoms with Gasteiger partial charge in [0.25, 0.3) is 0 Å². The second kappa shape index (κ2) is 3.41. The van der Waals surface area contributed by atoms with Crippen molar-refractivity contribution in [1.82, 2.24) is 0 Å². The lowest BCUT2D eigenvalue weighted by molar-refractivity contribution is 0.457. The third-order valence-corrected chi connectivity index (χ3v) is 5.79. The number of rotatable bonds is 2. The number of hydrogen-bond donors (Lipinski definition) is 0. The van der Waals surface area contributed by atoms with Gasteiger partial charge in [0, 0.05) is 8.07 Å². The van der Waals surface area contributed by atoms with E-state index in [9.17, 15) is 0 Å². The van der Waals surface area contributed by atoms with E-state index in [4.69, 9.17) is 0 Å². The summed E-state index contributed by atoms with van der Waals surface area (Å²) in [5, 5.41) is 0. The van der Waals surface area contributed by atoms with Crippen LogP contribution in [0.5, 0.6) is 0 Å². The van der Waals surface area contributed by atoms with Crippen molar-refractivity contribution in [2.45, 2.75) is 57.8 Å². The maximum Gasteiger partial charge on any atom is 0.0445 e. The number of fused-ring (bicyclic) bond motifs is 1. The zero-order valence-corrected chi connectivity index (χ0v) is 10.5. The molecule has 0 unspecified atom stereocenters. The van der Waals surface area contributed by atoms with Crippen LogP contribution in [-0.2, 0) is 0 Å². The fourth-order valence-corrected chi connectivity index (χ4v) is 5.78. The molecule has 0 aromatic heterocycles. The first-order valence-electron chi connectivity index (χ1n) is 6.04. The second-order valence-corrected chi connectivity index (χ2v) is 12.1. The van der Waals surface area contributed by atoms with E-state index in [1.54, 1.807) is 31.7 Å². The molecule has 2 fully saturated rings. The second-order valence-electron chi connectivity index (χ2n) is 6.55. The van der Waals surface area contributed by atoms with Gasteiger partial charge in [0.05, 0.1) is 0 Å². The first-order chi connectivity index (χ1) is 6.04. The molecule has 0 radical (unpaired) electrons. The summed E-state index contributed by atoms with van der Waals surface area (Å²) in [5.41, 5.74) is 0. The van der Waals surface area contributed by atoms with Crippen LogP contribution in [0.2, 0.25) is 25.7 Å². The number of hydrogen-bond acceptors (Lipinski definition) is 0. The zero-order chi connectivity index (χ0) is 9.47. The highest BCUT2D eigenvalue weighted by atomic mass is 28.3. The van der Waals surface area contributed by atoms with Crippen molar-refractivity contribution >= 4 is 8.07 Å². The topological polar surface area (TPSA) is 0 Å². The fourth-order valence-electron chi connectivity index (χ4n) is 3.72. The molecule has 2 rings (SSSR count). The van der Waals surface area contributed by atoms with Gasteiger partial charge in [-0.1, -0.05) is 44.9 Å². The molecule has 0 bridgehead atoms. The Bertz CT molecular complexity index is 168. The summed E-state index contributed by atoms with van der Waals surface area (Å²) in [7, 11) is -0.770. The van der Waals surface area contributed by atoms with E-state index in [1.807, 2.05) is 0 Å². The van der Waals surface area contributed by atoms with Crippen molar-refractivity contribution in [3.63, 3.8) is 0 Å². The fraction of sp³-hybridized carbons (Fsp3) is 1.00. The molecule has 0 heterocycles. The van der Waals surface area contributed by atoms with E-state index in [0.29, 0.717) is 0 Å². The quantitative estimate of drug-likeness (QED) is 0.582. The van der Waals surface area contributed by atoms with Crippen LogP contribution in [0, 0.1) is 17.8 Å². The molecule has 0 nitrogen and oxygen atoms in total. The van der Waals surface area contributed by atoms with Crippen LogP contribution in [0.1, 0.15) is 32.1 Å². The molecular weight excluding hydrogens is 172 g/mol. The molecule has 0 amide bonds. The Morgan fingerprint density at radius 1 is 1.00 bits per heavy atom. The Hall–Kier alpha value is 0.217. The van der Waals surface area contributed by atoms with Crippen molar-refractivity contribution in [1.29, 1.82) is 0 Å². The Morgan fingerprint density at radius 2 is 1.54 bits per heavy atom. The molecule has 1 heteroatoms. The van der Waals surface area contributed by atoms with Crippen LogP contribution in [0.4, 0.5) is 0 Å². The van der Waals surface area contributed by atoms with E-state index in [-0.39, 0.29) is 0 Å². The molecule has 0 N–H and O–H groups in total. The highest BCUT2D eigenvalue weighted by molar-refractivity contribution is 6.76. The van der Waals surface area contributed by atoms with Gasteiger partial charge >= 0.3 is 0 Å². The average molecular weight is 196 g/mol. The molecule has 0 aromatic carbocycles. The van der Waals surface area contributed by atoms with Gasteiger partial charge in [-0.2, -0.15) is 0 Å². The standard InChI is InChI=1S/C12H24Si/c1-13(2,3)9-10-7-11-5-4-6-12(11)8-10/h10-12H,4-9H2,1-3H3/t11-,12-/m1/s1. The van der Waals surface area contributed by atoms with Crippen LogP contribution in [0.3, 0.4) is 0 Å². The molecule has 0 aromatic rings. The van der Waals surface area contributed by atoms with Crippen molar-refractivity contribution in [2.24, 2.45) is 17.8 Å². The molecule has 0 saturated heterocycles. The SMILES string of the molecule is C[Si](C)(C)CC1C[C@H]2CCC[C@@H]2C1. The molecule has 0 spiro atoms. The van der Waals surface area contributed by atoms with Crippen molar-refractivity contribution < 1.29 is 0 Å². The maximum absolute atomic E-state index is 2.53. The van der Waals surface area contributed by atoms with Gasteiger partial charge in [-0.15, -0.1) is 0 Å². The summed E-state index contributed by atoms with van der Waals surface area (Å²) >= 11 is 0. The van der Waals surface area contributed by atoms with Crippen LogP contribution >= 0.6 is 0 Å². The van der Waals surface area contributed by atoms with Gasteiger partial charge < -0.3 is 0 Å². The van der Waals surface area contributed by atoms with Gasteiger partial charge in [0.2, 0.25) is 0 Å². The molecular formula is C12H24Si. The molecule has 2 aliphatic rings. The van der Waals surface area contributed by atoms with Crippen molar-refractivity contribution in [2.75, 3.05) is 0 Å². The minimum absolute atomic E-state index is 0.770. The van der Waals surface area contributed by atoms with Crippen molar-refractivity contribution in [3.8, 4) is 0 Å². The lowest BCUT2D eigenvalue weighted by Crippen LogP contribution is -2.23. The summed E-state index contributed by atoms with van der Waals surface area (Å²) in [6.07, 6.45) is 7.85. The maximum atomic E-state index is 2.53. The normalized spacial score (nSPS) is 35.3. The average Bonchev–Trinajstić information content (AvgIpc) is 2.40. The molecule has 2 atom stereocenters. The summed E-state index contributed by atoms with van der Waals surface area (Å²) in [5.74, 6) is 3.43. The first kappa shape index (κ1) is 9.76. The van der Waals surface area contributed by atoms with E-state index in [2.05, 4.69) is 19.6 Å². The van der Waals surface area contributed by atoms with Crippen LogP contribution < -0.4 is 0 Å². The van der Waals surface area contributed by atoms with Crippen LogP contribution in [-0.4, -0.2) is 8.07 Å². The summed E-state index contributed by atoms with van der Waals surface area (Å²) in [6.45, 7) is 7.59. The minimum atomic E-state index is -0.770. The van der Waals surface area contributed by atoms with Gasteiger partial charge in [-0.05, 0) is 30.6 Å². The Kier molecular flexibility index (Phi) is 2.56. The van der Waals surface area contributed by atoms with Crippen LogP contribution in [0.15, 0.2) is 0 Å². The zero-order valence-electron chi connectivity index (χ0n) is 9.47. The van der Waals surface area contributed by atoms with E-state index >= 15 is 0 Å². The highest BCUT2D eigenvalue weighted by Gasteiger charge is 2.38. The van der Waals surface area contributed by atoms with E-state index in [1.165, 1.54) is 6.42 Å². The van der Waals surface area contributed by atoms with Crippen LogP contribution in [0.25, 0.3) is 0 Å². The smallest absolute Gasteiger partial charge is 0.0445 e. The van der Waals surface area contributed by atoms with Crippen molar-refractivity contribution in [3.05, 3.63) is 0 Å². The minimum Gasteiger partial charge on any atom is -0.0695 e. The third kappa shape index (κ3) is 2.37. The van der Waals surface area contributed by atoms with E-state index < -0.39 is 8.07 Å². The van der Waals surface area contributed by atoms with Gasteiger partial charge in [0.15, 0.2) is 0 Å². The summed E-state index contributed by atoms with van der Waals surface area (Å²) < 4.78 is 0. The third-order valence-electron chi connectivity index (χ3n) is 3.99. The van der Waals surface area contributed by atoms with Gasteiger partial charge in [-0.3, -0.25) is 0 Å². The first-order valence-corrected chi connectivity index (χ1v) is 9.75. The lowest BCUT2D eigenvalue weighted by Gasteiger charge is -2.21. The largest absolute Gasteiger partial charge is 0.0695 e. The Balaban J connectivity index is 1.85. The van der Waals surface area contributed by atoms with Gasteiger partial charge in [-0.25, -0.2) is 0 Å². The Morgan fingerprint density at radius 3 is 2.00 bits per heavy atom. The molecule has 0 aliphatic heterocycles. The van der Waals surface area contributed by atoms with E-state index in [0.717, 1.165) is 17.8 Å². The summed E-state index contributed by atoms with van der Waals surface area (Å²) in [6, 6.07) is 1.60. The molecule has 76 valence electrons. The molecule has 2 saturated carbocycles. The molecule has 2 aliphatic carbocycles. The summed E-state index contributed by atoms with van der Waals surface area (Å²) in [4.78, 5) is 0.